The molecule has 7 heteroatoms. The maximum Gasteiger partial charge on any atom is 0.338 e. The fourth-order valence-corrected chi connectivity index (χ4v) is 5.44. The van der Waals surface area contributed by atoms with Crippen LogP contribution in [0.2, 0.25) is 0 Å². The van der Waals surface area contributed by atoms with E-state index in [2.05, 4.69) is 11.4 Å². The van der Waals surface area contributed by atoms with Gasteiger partial charge in [-0.1, -0.05) is 42.5 Å². The number of ether oxygens (including phenoxy) is 3. The highest BCUT2D eigenvalue weighted by molar-refractivity contribution is 7.99. The van der Waals surface area contributed by atoms with E-state index in [1.54, 1.807) is 42.8 Å². The Morgan fingerprint density at radius 3 is 2.70 bits per heavy atom. The van der Waals surface area contributed by atoms with E-state index in [-0.39, 0.29) is 18.1 Å². The first-order valence-corrected chi connectivity index (χ1v) is 12.8. The molecule has 0 radical (unpaired) electrons. The molecule has 5 nitrogen and oxygen atoms in total. The number of para-hydroxylation sites is 2. The Balaban J connectivity index is 1.39. The van der Waals surface area contributed by atoms with Crippen LogP contribution in [0.25, 0.3) is 0 Å². The molecule has 1 heterocycles. The summed E-state index contributed by atoms with van der Waals surface area (Å²) < 4.78 is 17.4. The third kappa shape index (κ3) is 6.69. The number of methoxy groups -OCH3 is 1. The standard InChI is InChI=1S/C26H27NO4S2/c1-29-22-11-5-7-13-24(22)33-18-21(31-26(28)19-9-3-2-4-10-19)15-27-20-16-30-23-12-6-8-14-25(23)32-17-20/h2-14,20-21,27H,15-18H2,1H3/t20-,21+/m1/s1. The lowest BCUT2D eigenvalue weighted by molar-refractivity contribution is 0.0345. The van der Waals surface area contributed by atoms with Crippen molar-refractivity contribution in [1.82, 2.24) is 5.32 Å². The van der Waals surface area contributed by atoms with Crippen molar-refractivity contribution >= 4 is 29.5 Å². The average Bonchev–Trinajstić information content (AvgIpc) is 3.08. The molecule has 1 aliphatic rings. The van der Waals surface area contributed by atoms with Crippen molar-refractivity contribution in [2.24, 2.45) is 0 Å². The molecule has 0 unspecified atom stereocenters. The molecule has 1 aliphatic heterocycles. The molecular formula is C26H27NO4S2. The van der Waals surface area contributed by atoms with E-state index >= 15 is 0 Å². The van der Waals surface area contributed by atoms with E-state index in [1.807, 2.05) is 60.7 Å². The van der Waals surface area contributed by atoms with Crippen LogP contribution in [-0.2, 0) is 4.74 Å². The maximum absolute atomic E-state index is 12.7. The number of nitrogens with one attached hydrogen (secondary N) is 1. The molecule has 0 spiro atoms. The van der Waals surface area contributed by atoms with Gasteiger partial charge in [-0.25, -0.2) is 4.79 Å². The molecule has 1 N–H and O–H groups in total. The van der Waals surface area contributed by atoms with Crippen molar-refractivity contribution in [3.05, 3.63) is 84.4 Å². The smallest absolute Gasteiger partial charge is 0.338 e. The Morgan fingerprint density at radius 2 is 1.85 bits per heavy atom. The molecule has 2 atom stereocenters. The van der Waals surface area contributed by atoms with Crippen LogP contribution in [0.15, 0.2) is 88.7 Å². The Labute approximate surface area is 203 Å². The summed E-state index contributed by atoms with van der Waals surface area (Å²) in [4.78, 5) is 14.9. The third-order valence-electron chi connectivity index (χ3n) is 5.14. The van der Waals surface area contributed by atoms with Gasteiger partial charge in [0.2, 0.25) is 0 Å². The van der Waals surface area contributed by atoms with E-state index in [0.717, 1.165) is 27.0 Å². The number of esters is 1. The highest BCUT2D eigenvalue weighted by atomic mass is 32.2. The minimum absolute atomic E-state index is 0.150. The molecule has 0 amide bonds. The molecule has 3 aromatic rings. The van der Waals surface area contributed by atoms with Gasteiger partial charge in [0.25, 0.3) is 0 Å². The number of hydrogen-bond acceptors (Lipinski definition) is 7. The Hall–Kier alpha value is -2.61. The molecule has 0 aromatic heterocycles. The summed E-state index contributed by atoms with van der Waals surface area (Å²) in [5.41, 5.74) is 0.550. The van der Waals surface area contributed by atoms with Crippen molar-refractivity contribution < 1.29 is 19.0 Å². The lowest BCUT2D eigenvalue weighted by Gasteiger charge is -2.22. The molecule has 0 bridgehead atoms. The van der Waals surface area contributed by atoms with Crippen molar-refractivity contribution in [2.45, 2.75) is 21.9 Å². The summed E-state index contributed by atoms with van der Waals surface area (Å²) in [6, 6.07) is 25.2. The van der Waals surface area contributed by atoms with E-state index < -0.39 is 0 Å². The van der Waals surface area contributed by atoms with E-state index in [1.165, 1.54) is 0 Å². The van der Waals surface area contributed by atoms with Crippen LogP contribution in [0.5, 0.6) is 11.5 Å². The third-order valence-corrected chi connectivity index (χ3v) is 7.54. The summed E-state index contributed by atoms with van der Waals surface area (Å²) in [6.07, 6.45) is -0.316. The predicted molar refractivity (Wildman–Crippen MR) is 134 cm³/mol. The van der Waals surface area contributed by atoms with Crippen LogP contribution >= 0.6 is 23.5 Å². The van der Waals surface area contributed by atoms with Gasteiger partial charge in [0.15, 0.2) is 0 Å². The maximum atomic E-state index is 12.7. The Bertz CT molecular complexity index is 1020. The number of carbonyl (C=O) groups excluding carboxylic acids is 1. The zero-order valence-electron chi connectivity index (χ0n) is 18.4. The number of hydrogen-bond donors (Lipinski definition) is 1. The monoisotopic (exact) mass is 481 g/mol. The molecule has 0 saturated heterocycles. The number of rotatable bonds is 9. The first kappa shape index (κ1) is 23.5. The molecule has 0 aliphatic carbocycles. The first-order chi connectivity index (χ1) is 16.2. The molecule has 4 rings (SSSR count). The van der Waals surface area contributed by atoms with Gasteiger partial charge in [-0.15, -0.1) is 23.5 Å². The second-order valence-electron chi connectivity index (χ2n) is 7.53. The van der Waals surface area contributed by atoms with Gasteiger partial charge in [0, 0.05) is 27.8 Å². The van der Waals surface area contributed by atoms with E-state index in [4.69, 9.17) is 14.2 Å². The van der Waals surface area contributed by atoms with Crippen molar-refractivity contribution in [2.75, 3.05) is 31.8 Å². The van der Waals surface area contributed by atoms with Crippen molar-refractivity contribution in [3.8, 4) is 11.5 Å². The van der Waals surface area contributed by atoms with Crippen LogP contribution in [-0.4, -0.2) is 49.9 Å². The highest BCUT2D eigenvalue weighted by Crippen LogP contribution is 2.32. The van der Waals surface area contributed by atoms with Gasteiger partial charge < -0.3 is 19.5 Å². The lowest BCUT2D eigenvalue weighted by atomic mass is 10.2. The number of fused-ring (bicyclic) bond motifs is 1. The molecule has 172 valence electrons. The first-order valence-electron chi connectivity index (χ1n) is 10.8. The van der Waals surface area contributed by atoms with Crippen molar-refractivity contribution in [1.29, 1.82) is 0 Å². The van der Waals surface area contributed by atoms with Gasteiger partial charge in [-0.3, -0.25) is 0 Å². The van der Waals surface area contributed by atoms with Gasteiger partial charge in [-0.05, 0) is 36.4 Å². The van der Waals surface area contributed by atoms with Gasteiger partial charge >= 0.3 is 5.97 Å². The van der Waals surface area contributed by atoms with Crippen LogP contribution in [0, 0.1) is 0 Å². The quantitative estimate of drug-likeness (QED) is 0.335. The van der Waals surface area contributed by atoms with Crippen LogP contribution in [0.3, 0.4) is 0 Å². The summed E-state index contributed by atoms with van der Waals surface area (Å²) in [7, 11) is 1.66. The topological polar surface area (TPSA) is 56.8 Å². The molecule has 33 heavy (non-hydrogen) atoms. The van der Waals surface area contributed by atoms with Crippen LogP contribution in [0.1, 0.15) is 10.4 Å². The summed E-state index contributed by atoms with van der Waals surface area (Å²) in [5, 5.41) is 3.55. The molecule has 0 fully saturated rings. The SMILES string of the molecule is COc1ccccc1SC[C@H](CN[C@@H]1COc2ccccc2SC1)OC(=O)c1ccccc1. The van der Waals surface area contributed by atoms with Crippen molar-refractivity contribution in [3.63, 3.8) is 0 Å². The summed E-state index contributed by atoms with van der Waals surface area (Å²) >= 11 is 3.40. The summed E-state index contributed by atoms with van der Waals surface area (Å²) in [5.74, 6) is 2.91. The summed E-state index contributed by atoms with van der Waals surface area (Å²) in [6.45, 7) is 1.11. The molecular weight excluding hydrogens is 454 g/mol. The number of benzene rings is 3. The van der Waals surface area contributed by atoms with E-state index in [0.29, 0.717) is 24.5 Å². The normalized spacial score (nSPS) is 16.1. The number of carbonyl (C=O) groups is 1. The lowest BCUT2D eigenvalue weighted by Crippen LogP contribution is -2.42. The molecule has 3 aromatic carbocycles. The average molecular weight is 482 g/mol. The van der Waals surface area contributed by atoms with Gasteiger partial charge in [0.05, 0.1) is 18.7 Å². The second-order valence-corrected chi connectivity index (χ2v) is 9.65. The van der Waals surface area contributed by atoms with Crippen LogP contribution in [0.4, 0.5) is 0 Å². The van der Waals surface area contributed by atoms with Gasteiger partial charge in [0.1, 0.15) is 24.2 Å². The largest absolute Gasteiger partial charge is 0.496 e. The number of thioether (sulfide) groups is 2. The Kier molecular flexibility index (Phi) is 8.58. The Morgan fingerprint density at radius 1 is 1.09 bits per heavy atom. The van der Waals surface area contributed by atoms with E-state index in [9.17, 15) is 4.79 Å². The zero-order valence-corrected chi connectivity index (χ0v) is 20.1. The highest BCUT2D eigenvalue weighted by Gasteiger charge is 2.22. The minimum Gasteiger partial charge on any atom is -0.496 e. The van der Waals surface area contributed by atoms with Crippen LogP contribution < -0.4 is 14.8 Å². The fraction of sp³-hybridized carbons (Fsp3) is 0.269. The second kappa shape index (κ2) is 12.0. The fourth-order valence-electron chi connectivity index (χ4n) is 3.38. The minimum atomic E-state index is -0.318. The van der Waals surface area contributed by atoms with Gasteiger partial charge in [-0.2, -0.15) is 0 Å². The molecule has 0 saturated carbocycles. The zero-order chi connectivity index (χ0) is 22.9. The predicted octanol–water partition coefficient (Wildman–Crippen LogP) is 5.16.